The van der Waals surface area contributed by atoms with Gasteiger partial charge in [-0.25, -0.2) is 4.98 Å². The molecule has 0 aliphatic rings. The number of hydrogen-bond acceptors (Lipinski definition) is 4. The van der Waals surface area contributed by atoms with Gasteiger partial charge in [-0.2, -0.15) is 0 Å². The summed E-state index contributed by atoms with van der Waals surface area (Å²) in [7, 11) is 0. The van der Waals surface area contributed by atoms with E-state index in [1.807, 2.05) is 41.9 Å². The zero-order valence-corrected chi connectivity index (χ0v) is 11.0. The summed E-state index contributed by atoms with van der Waals surface area (Å²) >= 11 is 3.36. The van der Waals surface area contributed by atoms with Crippen molar-refractivity contribution in [1.29, 1.82) is 0 Å². The number of thiazole rings is 1. The number of aromatic nitrogens is 1. The first kappa shape index (κ1) is 12.3. The van der Waals surface area contributed by atoms with Crippen LogP contribution in [-0.2, 0) is 0 Å². The Balaban J connectivity index is 1.70. The summed E-state index contributed by atoms with van der Waals surface area (Å²) in [6.07, 6.45) is 3.32. The van der Waals surface area contributed by atoms with E-state index in [0.717, 1.165) is 22.1 Å². The third-order valence-corrected chi connectivity index (χ3v) is 4.33. The van der Waals surface area contributed by atoms with Gasteiger partial charge in [-0.15, -0.1) is 11.3 Å². The molecule has 0 saturated carbocycles. The summed E-state index contributed by atoms with van der Waals surface area (Å²) in [5.74, 6) is 1.18. The van der Waals surface area contributed by atoms with Gasteiger partial charge in [0.05, 0.1) is 0 Å². The van der Waals surface area contributed by atoms with E-state index in [2.05, 4.69) is 4.98 Å². The van der Waals surface area contributed by atoms with E-state index >= 15 is 0 Å². The molecule has 1 aromatic heterocycles. The zero-order valence-electron chi connectivity index (χ0n) is 9.33. The standard InChI is InChI=1S/C13H13NOS2/c15-12(11-5-2-1-3-6-11)7-4-9-16-13-14-8-10-17-13/h1-3,5-6,8,10H,4,7,9H2. The minimum absolute atomic E-state index is 0.227. The van der Waals surface area contributed by atoms with Crippen LogP contribution >= 0.6 is 23.1 Å². The molecule has 2 aromatic rings. The molecule has 88 valence electrons. The first-order valence-corrected chi connectivity index (χ1v) is 7.33. The molecule has 0 saturated heterocycles. The van der Waals surface area contributed by atoms with Crippen LogP contribution in [0.25, 0.3) is 0 Å². The highest BCUT2D eigenvalue weighted by Crippen LogP contribution is 2.21. The molecule has 0 amide bonds. The molecular formula is C13H13NOS2. The van der Waals surface area contributed by atoms with Crippen LogP contribution in [0.3, 0.4) is 0 Å². The van der Waals surface area contributed by atoms with Gasteiger partial charge < -0.3 is 0 Å². The van der Waals surface area contributed by atoms with Crippen molar-refractivity contribution in [1.82, 2.24) is 4.98 Å². The van der Waals surface area contributed by atoms with Crippen LogP contribution in [-0.4, -0.2) is 16.5 Å². The van der Waals surface area contributed by atoms with E-state index in [0.29, 0.717) is 6.42 Å². The first-order valence-electron chi connectivity index (χ1n) is 5.47. The number of benzene rings is 1. The van der Waals surface area contributed by atoms with Crippen LogP contribution in [0.2, 0.25) is 0 Å². The second-order valence-electron chi connectivity index (χ2n) is 3.54. The Kier molecular flexibility index (Phi) is 4.76. The molecule has 0 radical (unpaired) electrons. The lowest BCUT2D eigenvalue weighted by Crippen LogP contribution is -1.98. The van der Waals surface area contributed by atoms with Crippen LogP contribution in [0, 0.1) is 0 Å². The number of ketones is 1. The van der Waals surface area contributed by atoms with Crippen LogP contribution in [0.1, 0.15) is 23.2 Å². The molecule has 2 nitrogen and oxygen atoms in total. The van der Waals surface area contributed by atoms with Gasteiger partial charge in [-0.05, 0) is 6.42 Å². The molecular weight excluding hydrogens is 250 g/mol. The average Bonchev–Trinajstić information content (AvgIpc) is 2.88. The molecule has 0 unspecified atom stereocenters. The van der Waals surface area contributed by atoms with E-state index < -0.39 is 0 Å². The third-order valence-electron chi connectivity index (χ3n) is 2.28. The smallest absolute Gasteiger partial charge is 0.162 e. The molecule has 0 fully saturated rings. The number of rotatable bonds is 6. The Morgan fingerprint density at radius 2 is 2.12 bits per heavy atom. The molecule has 4 heteroatoms. The maximum Gasteiger partial charge on any atom is 0.162 e. The van der Waals surface area contributed by atoms with E-state index in [-0.39, 0.29) is 5.78 Å². The van der Waals surface area contributed by atoms with Gasteiger partial charge in [0.25, 0.3) is 0 Å². The predicted molar refractivity (Wildman–Crippen MR) is 72.8 cm³/mol. The van der Waals surface area contributed by atoms with Crippen LogP contribution < -0.4 is 0 Å². The molecule has 17 heavy (non-hydrogen) atoms. The fourth-order valence-corrected chi connectivity index (χ4v) is 3.09. The van der Waals surface area contributed by atoms with Gasteiger partial charge in [0, 0.05) is 29.3 Å². The first-order chi connectivity index (χ1) is 8.36. The lowest BCUT2D eigenvalue weighted by molar-refractivity contribution is 0.0982. The van der Waals surface area contributed by atoms with Crippen LogP contribution in [0.5, 0.6) is 0 Å². The minimum atomic E-state index is 0.227. The molecule has 0 aliphatic heterocycles. The van der Waals surface area contributed by atoms with E-state index in [1.54, 1.807) is 23.1 Å². The maximum absolute atomic E-state index is 11.8. The Bertz CT molecular complexity index is 454. The molecule has 0 spiro atoms. The molecule has 0 bridgehead atoms. The van der Waals surface area contributed by atoms with E-state index in [4.69, 9.17) is 0 Å². The zero-order chi connectivity index (χ0) is 11.9. The minimum Gasteiger partial charge on any atom is -0.294 e. The van der Waals surface area contributed by atoms with Gasteiger partial charge in [0.15, 0.2) is 5.78 Å². The third kappa shape index (κ3) is 3.98. The molecule has 2 rings (SSSR count). The van der Waals surface area contributed by atoms with Gasteiger partial charge in [-0.1, -0.05) is 42.1 Å². The summed E-state index contributed by atoms with van der Waals surface area (Å²) in [6, 6.07) is 9.47. The largest absolute Gasteiger partial charge is 0.294 e. The van der Waals surface area contributed by atoms with Crippen molar-refractivity contribution in [3.8, 4) is 0 Å². The topological polar surface area (TPSA) is 30.0 Å². The second-order valence-corrected chi connectivity index (χ2v) is 5.78. The fourth-order valence-electron chi connectivity index (χ4n) is 1.44. The van der Waals surface area contributed by atoms with Crippen molar-refractivity contribution >= 4 is 28.9 Å². The maximum atomic E-state index is 11.8. The van der Waals surface area contributed by atoms with Gasteiger partial charge in [0.1, 0.15) is 4.34 Å². The Hall–Kier alpha value is -1.13. The molecule has 1 aromatic carbocycles. The Labute approximate surface area is 109 Å². The lowest BCUT2D eigenvalue weighted by Gasteiger charge is -2.00. The summed E-state index contributed by atoms with van der Waals surface area (Å²) in [5.41, 5.74) is 0.812. The van der Waals surface area contributed by atoms with Crippen molar-refractivity contribution in [2.24, 2.45) is 0 Å². The lowest BCUT2D eigenvalue weighted by atomic mass is 10.1. The quantitative estimate of drug-likeness (QED) is 0.450. The van der Waals surface area contributed by atoms with Crippen molar-refractivity contribution in [2.45, 2.75) is 17.2 Å². The number of carbonyl (C=O) groups is 1. The molecule has 1 heterocycles. The summed E-state index contributed by atoms with van der Waals surface area (Å²) in [5, 5.41) is 1.97. The van der Waals surface area contributed by atoms with Crippen molar-refractivity contribution in [3.63, 3.8) is 0 Å². The highest BCUT2D eigenvalue weighted by Gasteiger charge is 2.04. The number of Topliss-reactive ketones (excluding diaryl/α,β-unsaturated/α-hetero) is 1. The van der Waals surface area contributed by atoms with Crippen molar-refractivity contribution in [3.05, 3.63) is 47.5 Å². The monoisotopic (exact) mass is 263 g/mol. The summed E-state index contributed by atoms with van der Waals surface area (Å²) in [4.78, 5) is 16.0. The Morgan fingerprint density at radius 1 is 1.29 bits per heavy atom. The number of thioether (sulfide) groups is 1. The Morgan fingerprint density at radius 3 is 2.82 bits per heavy atom. The molecule has 0 aliphatic carbocycles. The number of nitrogens with zero attached hydrogens (tertiary/aromatic N) is 1. The van der Waals surface area contributed by atoms with Crippen LogP contribution in [0.4, 0.5) is 0 Å². The van der Waals surface area contributed by atoms with Crippen LogP contribution in [0.15, 0.2) is 46.2 Å². The molecule has 0 atom stereocenters. The van der Waals surface area contributed by atoms with Crippen molar-refractivity contribution < 1.29 is 4.79 Å². The highest BCUT2D eigenvalue weighted by molar-refractivity contribution is 8.00. The second kappa shape index (κ2) is 6.57. The summed E-state index contributed by atoms with van der Waals surface area (Å²) in [6.45, 7) is 0. The SMILES string of the molecule is O=C(CCCSc1nccs1)c1ccccc1. The van der Waals surface area contributed by atoms with E-state index in [9.17, 15) is 4.79 Å². The van der Waals surface area contributed by atoms with Crippen molar-refractivity contribution in [2.75, 3.05) is 5.75 Å². The normalized spacial score (nSPS) is 10.4. The van der Waals surface area contributed by atoms with Gasteiger partial charge >= 0.3 is 0 Å². The van der Waals surface area contributed by atoms with E-state index in [1.165, 1.54) is 0 Å². The summed E-state index contributed by atoms with van der Waals surface area (Å²) < 4.78 is 1.08. The average molecular weight is 263 g/mol. The number of hydrogen-bond donors (Lipinski definition) is 0. The van der Waals surface area contributed by atoms with Gasteiger partial charge in [0.2, 0.25) is 0 Å². The highest BCUT2D eigenvalue weighted by atomic mass is 32.2. The number of carbonyl (C=O) groups excluding carboxylic acids is 1. The predicted octanol–water partition coefficient (Wildman–Crippen LogP) is 3.90. The van der Waals surface area contributed by atoms with Gasteiger partial charge in [-0.3, -0.25) is 4.79 Å². The molecule has 0 N–H and O–H groups in total. The fraction of sp³-hybridized carbons (Fsp3) is 0.231.